The lowest BCUT2D eigenvalue weighted by atomic mass is 10.3. The Morgan fingerprint density at radius 1 is 1.09 bits per heavy atom. The van der Waals surface area contributed by atoms with Crippen molar-refractivity contribution in [1.82, 2.24) is 0 Å². The van der Waals surface area contributed by atoms with Crippen LogP contribution in [-0.4, -0.2) is 45.7 Å². The van der Waals surface area contributed by atoms with Crippen molar-refractivity contribution in [3.8, 4) is 0 Å². The smallest absolute Gasteiger partial charge is 0.330 e. The summed E-state index contributed by atoms with van der Waals surface area (Å²) in [6.07, 6.45) is 2.17. The number of ether oxygens (including phenoxy) is 1. The van der Waals surface area contributed by atoms with Crippen molar-refractivity contribution >= 4 is 33.1 Å². The average molecular weight is 375 g/mol. The molecule has 0 aliphatic heterocycles. The van der Waals surface area contributed by atoms with Crippen LogP contribution in [0, 0.1) is 0 Å². The van der Waals surface area contributed by atoms with Gasteiger partial charge in [-0.05, 0) is 32.6 Å². The lowest BCUT2D eigenvalue weighted by molar-refractivity contribution is -0.267. The van der Waals surface area contributed by atoms with Gasteiger partial charge in [0.05, 0.1) is 6.61 Å². The van der Waals surface area contributed by atoms with Crippen molar-refractivity contribution in [2.75, 3.05) is 6.61 Å². The second-order valence-electron chi connectivity index (χ2n) is 6.18. The van der Waals surface area contributed by atoms with E-state index in [1.165, 1.54) is 0 Å². The molecule has 0 bridgehead atoms. The molecule has 0 aliphatic carbocycles. The van der Waals surface area contributed by atoms with Gasteiger partial charge in [0.25, 0.3) is 5.97 Å². The van der Waals surface area contributed by atoms with Gasteiger partial charge in [0.15, 0.2) is 10.5 Å². The fraction of sp³-hybridized carbons (Fsp3) is 0.533. The highest BCUT2D eigenvalue weighted by Gasteiger charge is 2.41. The Balaban J connectivity index is 5.09. The van der Waals surface area contributed by atoms with Gasteiger partial charge in [-0.3, -0.25) is 0 Å². The number of hydrogen-bond donors (Lipinski definition) is 0. The molecule has 23 heavy (non-hydrogen) atoms. The first kappa shape index (κ1) is 22.2. The zero-order chi connectivity index (χ0) is 18.1. The van der Waals surface area contributed by atoms with Crippen LogP contribution in [-0.2, 0) is 22.8 Å². The summed E-state index contributed by atoms with van der Waals surface area (Å²) in [5.41, 5.74) is 3.68. The molecule has 0 fully saturated rings. The quantitative estimate of drug-likeness (QED) is 0.173. The summed E-state index contributed by atoms with van der Waals surface area (Å²) in [6.45, 7) is 19.4. The van der Waals surface area contributed by atoms with Crippen LogP contribution in [0.15, 0.2) is 37.2 Å². The Hall–Kier alpha value is -0.779. The maximum atomic E-state index is 11.1. The molecule has 0 rings (SSSR count). The van der Waals surface area contributed by atoms with Crippen LogP contribution < -0.4 is 0 Å². The van der Waals surface area contributed by atoms with Gasteiger partial charge in [-0.2, -0.15) is 0 Å². The molecule has 0 aromatic heterocycles. The highest BCUT2D eigenvalue weighted by molar-refractivity contribution is 6.77. The summed E-state index contributed by atoms with van der Waals surface area (Å²) in [4.78, 5) is 11.1. The van der Waals surface area contributed by atoms with Crippen molar-refractivity contribution in [2.45, 2.75) is 45.0 Å². The molecule has 0 saturated carbocycles. The molecule has 0 aromatic carbocycles. The van der Waals surface area contributed by atoms with E-state index in [1.807, 2.05) is 37.6 Å². The van der Waals surface area contributed by atoms with E-state index < -0.39 is 28.6 Å². The molecule has 0 aromatic rings. The molecular formula is C15H30O5Si3. The van der Waals surface area contributed by atoms with Crippen LogP contribution in [0.4, 0.5) is 0 Å². The Kier molecular flexibility index (Phi) is 9.18. The Bertz CT molecular complexity index is 413. The minimum absolute atomic E-state index is 0.260. The van der Waals surface area contributed by atoms with Crippen molar-refractivity contribution in [2.24, 2.45) is 0 Å². The predicted octanol–water partition coefficient (Wildman–Crippen LogP) is 2.34. The van der Waals surface area contributed by atoms with E-state index in [4.69, 9.17) is 18.0 Å². The van der Waals surface area contributed by atoms with Gasteiger partial charge >= 0.3 is 5.97 Å². The third kappa shape index (κ3) is 8.58. The summed E-state index contributed by atoms with van der Waals surface area (Å²) in [7, 11) is -3.81. The Morgan fingerprint density at radius 2 is 1.57 bits per heavy atom. The van der Waals surface area contributed by atoms with E-state index >= 15 is 0 Å². The van der Waals surface area contributed by atoms with Gasteiger partial charge < -0.3 is 18.0 Å². The topological polar surface area (TPSA) is 54.0 Å². The maximum absolute atomic E-state index is 11.1. The van der Waals surface area contributed by atoms with Crippen LogP contribution in [0.3, 0.4) is 0 Å². The van der Waals surface area contributed by atoms with Crippen LogP contribution in [0.2, 0.25) is 26.2 Å². The van der Waals surface area contributed by atoms with Crippen LogP contribution in [0.5, 0.6) is 0 Å². The second kappa shape index (κ2) is 9.50. The summed E-state index contributed by atoms with van der Waals surface area (Å²) < 4.78 is 23.2. The van der Waals surface area contributed by atoms with Gasteiger partial charge in [-0.25, -0.2) is 4.79 Å². The SMILES string of the molecule is C=CC(=O)OCCCC(O[SiH3])(O[Si](C)(C)C=C)O[Si](C)(C)C=C. The predicted molar refractivity (Wildman–Crippen MR) is 102 cm³/mol. The first-order valence-corrected chi connectivity index (χ1v) is 14.4. The fourth-order valence-electron chi connectivity index (χ4n) is 1.71. The number of hydrogen-bond acceptors (Lipinski definition) is 5. The van der Waals surface area contributed by atoms with E-state index in [9.17, 15) is 4.79 Å². The minimum atomic E-state index is -2.13. The maximum Gasteiger partial charge on any atom is 0.330 e. The molecular weight excluding hydrogens is 344 g/mol. The number of esters is 1. The van der Waals surface area contributed by atoms with E-state index in [1.54, 1.807) is 0 Å². The molecule has 5 nitrogen and oxygen atoms in total. The lowest BCUT2D eigenvalue weighted by Crippen LogP contribution is -2.52. The standard InChI is InChI=1S/C15H30O5Si3/c1-8-14(16)17-13-11-12-15(18-21,19-22(4,5)9-2)20-23(6,7)10-3/h8-10H,1-3,11-13H2,4-7,21H3. The monoisotopic (exact) mass is 374 g/mol. The minimum Gasteiger partial charge on any atom is -0.463 e. The molecule has 0 spiro atoms. The average Bonchev–Trinajstić information content (AvgIpc) is 2.50. The van der Waals surface area contributed by atoms with Crippen molar-refractivity contribution in [1.29, 1.82) is 0 Å². The fourth-order valence-corrected chi connectivity index (χ4v) is 4.72. The highest BCUT2D eigenvalue weighted by Crippen LogP contribution is 2.30. The Labute approximate surface area is 145 Å². The molecule has 0 aliphatic rings. The molecule has 0 heterocycles. The Morgan fingerprint density at radius 3 is 1.91 bits per heavy atom. The summed E-state index contributed by atoms with van der Waals surface area (Å²) >= 11 is 0. The van der Waals surface area contributed by atoms with Crippen LogP contribution in [0.25, 0.3) is 0 Å². The number of rotatable bonds is 12. The van der Waals surface area contributed by atoms with E-state index in [0.29, 0.717) is 23.3 Å². The molecule has 132 valence electrons. The molecule has 0 unspecified atom stereocenters. The van der Waals surface area contributed by atoms with Gasteiger partial charge in [-0.15, -0.1) is 13.2 Å². The summed E-state index contributed by atoms with van der Waals surface area (Å²) in [6, 6.07) is 0. The van der Waals surface area contributed by atoms with E-state index in [2.05, 4.69) is 19.7 Å². The third-order valence-corrected chi connectivity index (χ3v) is 7.43. The zero-order valence-electron chi connectivity index (χ0n) is 15.0. The molecule has 0 saturated heterocycles. The first-order valence-electron chi connectivity index (χ1n) is 7.57. The normalized spacial score (nSPS) is 12.7. The van der Waals surface area contributed by atoms with Crippen molar-refractivity contribution in [3.63, 3.8) is 0 Å². The lowest BCUT2D eigenvalue weighted by Gasteiger charge is -2.42. The van der Waals surface area contributed by atoms with Gasteiger partial charge in [0.1, 0.15) is 0 Å². The van der Waals surface area contributed by atoms with Crippen LogP contribution >= 0.6 is 0 Å². The first-order chi connectivity index (χ1) is 10.6. The van der Waals surface area contributed by atoms with E-state index in [0.717, 1.165) is 6.08 Å². The van der Waals surface area contributed by atoms with Crippen molar-refractivity contribution < 1.29 is 22.8 Å². The third-order valence-electron chi connectivity index (χ3n) is 3.17. The zero-order valence-corrected chi connectivity index (χ0v) is 19.0. The summed E-state index contributed by atoms with van der Waals surface area (Å²) in [5, 5.41) is 0. The largest absolute Gasteiger partial charge is 0.463 e. The van der Waals surface area contributed by atoms with Gasteiger partial charge in [0.2, 0.25) is 16.6 Å². The van der Waals surface area contributed by atoms with Gasteiger partial charge in [-0.1, -0.05) is 18.0 Å². The highest BCUT2D eigenvalue weighted by atomic mass is 28.4. The van der Waals surface area contributed by atoms with Crippen molar-refractivity contribution in [3.05, 3.63) is 37.2 Å². The van der Waals surface area contributed by atoms with E-state index in [-0.39, 0.29) is 6.61 Å². The van der Waals surface area contributed by atoms with Crippen LogP contribution in [0.1, 0.15) is 12.8 Å². The number of carbonyl (C=O) groups is 1. The molecule has 0 amide bonds. The molecule has 0 atom stereocenters. The summed E-state index contributed by atoms with van der Waals surface area (Å²) in [5.74, 6) is -1.56. The molecule has 0 radical (unpaired) electrons. The second-order valence-corrected chi connectivity index (χ2v) is 14.2. The molecule has 8 heteroatoms. The number of carbonyl (C=O) groups excluding carboxylic acids is 1. The van der Waals surface area contributed by atoms with Gasteiger partial charge in [0, 0.05) is 12.5 Å². The molecule has 0 N–H and O–H groups in total.